The molecule has 1 aromatic carbocycles. The van der Waals surface area contributed by atoms with Gasteiger partial charge in [0, 0.05) is 17.6 Å². The predicted octanol–water partition coefficient (Wildman–Crippen LogP) is 3.22. The molecule has 1 spiro atoms. The largest absolute Gasteiger partial charge is 0.319 e. The normalized spacial score (nSPS) is 21.6. The molecule has 1 atom stereocenters. The van der Waals surface area contributed by atoms with E-state index >= 15 is 0 Å². The van der Waals surface area contributed by atoms with Gasteiger partial charge in [-0.1, -0.05) is 51.8 Å². The minimum atomic E-state index is -0.456. The molecular weight excluding hydrogens is 260 g/mol. The fourth-order valence-corrected chi connectivity index (χ4v) is 3.84. The number of anilines is 1. The Balaban J connectivity index is 1.97. The Kier molecular flexibility index (Phi) is 3.36. The fourth-order valence-electron chi connectivity index (χ4n) is 3.84. The number of hydrogen-bond donors (Lipinski definition) is 1. The number of benzene rings is 1. The van der Waals surface area contributed by atoms with Crippen molar-refractivity contribution in [3.05, 3.63) is 29.8 Å². The van der Waals surface area contributed by atoms with Crippen LogP contribution in [0.2, 0.25) is 0 Å². The van der Waals surface area contributed by atoms with E-state index in [9.17, 15) is 4.79 Å². The lowest BCUT2D eigenvalue weighted by Gasteiger charge is -2.31. The molecule has 2 aliphatic rings. The number of nitrogens with zero attached hydrogens (tertiary/aromatic N) is 1. The molecule has 1 amide bonds. The van der Waals surface area contributed by atoms with Crippen molar-refractivity contribution >= 4 is 11.6 Å². The SMILES string of the molecule is CC(C)(C)[C@H](N)C(=O)N1CC2(CCCC2)c2ccccc21. The molecule has 3 heteroatoms. The molecule has 3 nitrogen and oxygen atoms in total. The first-order chi connectivity index (χ1) is 9.85. The highest BCUT2D eigenvalue weighted by molar-refractivity contribution is 6.00. The van der Waals surface area contributed by atoms with E-state index in [4.69, 9.17) is 5.73 Å². The summed E-state index contributed by atoms with van der Waals surface area (Å²) in [5.41, 5.74) is 8.65. The van der Waals surface area contributed by atoms with E-state index in [0.717, 1.165) is 12.2 Å². The highest BCUT2D eigenvalue weighted by atomic mass is 16.2. The molecule has 0 aromatic heterocycles. The van der Waals surface area contributed by atoms with E-state index in [-0.39, 0.29) is 16.7 Å². The number of carbonyl (C=O) groups is 1. The molecule has 114 valence electrons. The van der Waals surface area contributed by atoms with Crippen LogP contribution in [0.15, 0.2) is 24.3 Å². The van der Waals surface area contributed by atoms with E-state index in [1.807, 2.05) is 31.7 Å². The van der Waals surface area contributed by atoms with E-state index < -0.39 is 6.04 Å². The summed E-state index contributed by atoms with van der Waals surface area (Å²) in [5, 5.41) is 0. The molecule has 2 N–H and O–H groups in total. The molecule has 1 aliphatic heterocycles. The van der Waals surface area contributed by atoms with Crippen LogP contribution in [0.25, 0.3) is 0 Å². The minimum Gasteiger partial charge on any atom is -0.319 e. The summed E-state index contributed by atoms with van der Waals surface area (Å²) in [6.45, 7) is 6.91. The number of fused-ring (bicyclic) bond motifs is 2. The third-order valence-electron chi connectivity index (χ3n) is 5.25. The van der Waals surface area contributed by atoms with Crippen molar-refractivity contribution in [1.29, 1.82) is 0 Å². The molecule has 0 unspecified atom stereocenters. The van der Waals surface area contributed by atoms with Crippen molar-refractivity contribution in [2.45, 2.75) is 57.9 Å². The molecule has 0 radical (unpaired) electrons. The van der Waals surface area contributed by atoms with Gasteiger partial charge in [0.1, 0.15) is 0 Å². The lowest BCUT2D eigenvalue weighted by Crippen LogP contribution is -2.51. The second-order valence-corrected chi connectivity index (χ2v) is 7.77. The molecule has 21 heavy (non-hydrogen) atoms. The second-order valence-electron chi connectivity index (χ2n) is 7.77. The van der Waals surface area contributed by atoms with Crippen LogP contribution in [-0.2, 0) is 10.2 Å². The third kappa shape index (κ3) is 2.28. The van der Waals surface area contributed by atoms with Gasteiger partial charge in [0.15, 0.2) is 0 Å². The van der Waals surface area contributed by atoms with Crippen LogP contribution >= 0.6 is 0 Å². The van der Waals surface area contributed by atoms with E-state index in [1.54, 1.807) is 0 Å². The van der Waals surface area contributed by atoms with Crippen LogP contribution in [-0.4, -0.2) is 18.5 Å². The first-order valence-corrected chi connectivity index (χ1v) is 8.02. The number of hydrogen-bond acceptors (Lipinski definition) is 2. The maximum absolute atomic E-state index is 12.9. The first-order valence-electron chi connectivity index (χ1n) is 8.02. The molecule has 1 aliphatic carbocycles. The summed E-state index contributed by atoms with van der Waals surface area (Å²) in [5.74, 6) is 0.0683. The van der Waals surface area contributed by atoms with Crippen molar-refractivity contribution in [2.24, 2.45) is 11.1 Å². The molecule has 0 bridgehead atoms. The summed E-state index contributed by atoms with van der Waals surface area (Å²) >= 11 is 0. The van der Waals surface area contributed by atoms with Gasteiger partial charge in [-0.05, 0) is 29.9 Å². The Bertz CT molecular complexity index is 553. The van der Waals surface area contributed by atoms with Crippen LogP contribution in [0.4, 0.5) is 5.69 Å². The van der Waals surface area contributed by atoms with Gasteiger partial charge in [-0.15, -0.1) is 0 Å². The van der Waals surface area contributed by atoms with E-state index in [0.29, 0.717) is 0 Å². The molecule has 0 saturated heterocycles. The molecule has 3 rings (SSSR count). The molecular formula is C18H26N2O. The smallest absolute Gasteiger partial charge is 0.244 e. The van der Waals surface area contributed by atoms with Crippen molar-refractivity contribution in [3.63, 3.8) is 0 Å². The van der Waals surface area contributed by atoms with Gasteiger partial charge in [0.2, 0.25) is 5.91 Å². The number of nitrogens with two attached hydrogens (primary N) is 1. The Morgan fingerprint density at radius 3 is 2.48 bits per heavy atom. The lowest BCUT2D eigenvalue weighted by molar-refractivity contribution is -0.122. The van der Waals surface area contributed by atoms with Crippen LogP contribution < -0.4 is 10.6 Å². The summed E-state index contributed by atoms with van der Waals surface area (Å²) < 4.78 is 0. The zero-order chi connectivity index (χ0) is 15.3. The first kappa shape index (κ1) is 14.6. The van der Waals surface area contributed by atoms with Gasteiger partial charge in [-0.2, -0.15) is 0 Å². The van der Waals surface area contributed by atoms with Gasteiger partial charge >= 0.3 is 0 Å². The van der Waals surface area contributed by atoms with Gasteiger partial charge < -0.3 is 10.6 Å². The fraction of sp³-hybridized carbons (Fsp3) is 0.611. The number of rotatable bonds is 1. The van der Waals surface area contributed by atoms with Crippen LogP contribution in [0, 0.1) is 5.41 Å². The van der Waals surface area contributed by atoms with Crippen LogP contribution in [0.5, 0.6) is 0 Å². The Hall–Kier alpha value is -1.35. The topological polar surface area (TPSA) is 46.3 Å². The highest BCUT2D eigenvalue weighted by Crippen LogP contribution is 2.50. The van der Waals surface area contributed by atoms with Crippen LogP contribution in [0.1, 0.15) is 52.0 Å². The van der Waals surface area contributed by atoms with Gasteiger partial charge in [0.25, 0.3) is 0 Å². The summed E-state index contributed by atoms with van der Waals surface area (Å²) in [4.78, 5) is 14.9. The Labute approximate surface area is 127 Å². The number of amides is 1. The third-order valence-corrected chi connectivity index (χ3v) is 5.25. The quantitative estimate of drug-likeness (QED) is 0.861. The monoisotopic (exact) mass is 286 g/mol. The lowest BCUT2D eigenvalue weighted by atomic mass is 9.81. The molecule has 1 fully saturated rings. The number of para-hydroxylation sites is 1. The van der Waals surface area contributed by atoms with E-state index in [2.05, 4.69) is 18.2 Å². The average Bonchev–Trinajstić information content (AvgIpc) is 3.04. The summed E-state index contributed by atoms with van der Waals surface area (Å²) in [6.07, 6.45) is 4.92. The van der Waals surface area contributed by atoms with Gasteiger partial charge in [0.05, 0.1) is 6.04 Å². The number of carbonyl (C=O) groups excluding carboxylic acids is 1. The Morgan fingerprint density at radius 1 is 1.24 bits per heavy atom. The standard InChI is InChI=1S/C18H26N2O/c1-17(2,3)15(19)16(21)20-12-18(10-6-7-11-18)13-8-4-5-9-14(13)20/h4-5,8-9,15H,6-7,10-12,19H2,1-3H3/t15-/m1/s1. The zero-order valence-electron chi connectivity index (χ0n) is 13.4. The van der Waals surface area contributed by atoms with Gasteiger partial charge in [-0.3, -0.25) is 4.79 Å². The Morgan fingerprint density at radius 2 is 1.86 bits per heavy atom. The second kappa shape index (κ2) is 4.84. The predicted molar refractivity (Wildman–Crippen MR) is 86.4 cm³/mol. The molecule has 1 heterocycles. The maximum atomic E-state index is 12.9. The van der Waals surface area contributed by atoms with Crippen molar-refractivity contribution in [3.8, 4) is 0 Å². The average molecular weight is 286 g/mol. The van der Waals surface area contributed by atoms with Crippen molar-refractivity contribution < 1.29 is 4.79 Å². The maximum Gasteiger partial charge on any atom is 0.244 e. The zero-order valence-corrected chi connectivity index (χ0v) is 13.4. The minimum absolute atomic E-state index is 0.0683. The van der Waals surface area contributed by atoms with Crippen LogP contribution in [0.3, 0.4) is 0 Å². The summed E-state index contributed by atoms with van der Waals surface area (Å²) in [7, 11) is 0. The van der Waals surface area contributed by atoms with Gasteiger partial charge in [-0.25, -0.2) is 0 Å². The molecule has 1 aromatic rings. The van der Waals surface area contributed by atoms with Crippen molar-refractivity contribution in [2.75, 3.05) is 11.4 Å². The van der Waals surface area contributed by atoms with Crippen molar-refractivity contribution in [1.82, 2.24) is 0 Å². The summed E-state index contributed by atoms with van der Waals surface area (Å²) in [6, 6.07) is 7.94. The molecule has 1 saturated carbocycles. The van der Waals surface area contributed by atoms with E-state index in [1.165, 1.54) is 31.2 Å². The highest BCUT2D eigenvalue weighted by Gasteiger charge is 2.47.